The van der Waals surface area contributed by atoms with Gasteiger partial charge >= 0.3 is 0 Å². The van der Waals surface area contributed by atoms with Crippen LogP contribution < -0.4 is 10.1 Å². The molecule has 5 nitrogen and oxygen atoms in total. The second-order valence-electron chi connectivity index (χ2n) is 4.29. The highest BCUT2D eigenvalue weighted by molar-refractivity contribution is 5.98. The molecule has 0 bridgehead atoms. The first-order valence-electron chi connectivity index (χ1n) is 6.01. The fraction of sp³-hybridized carbons (Fsp3) is 0.286. The molecule has 100 valence electrons. The summed E-state index contributed by atoms with van der Waals surface area (Å²) in [6.45, 7) is 1.60. The molecule has 0 saturated carbocycles. The van der Waals surface area contributed by atoms with E-state index in [1.165, 1.54) is 7.11 Å². The molecule has 1 aromatic carbocycles. The number of benzene rings is 1. The Bertz CT molecular complexity index is 598. The summed E-state index contributed by atoms with van der Waals surface area (Å²) in [6.07, 6.45) is 0. The topological polar surface area (TPSA) is 71.5 Å². The van der Waals surface area contributed by atoms with Crippen LogP contribution in [0.15, 0.2) is 30.3 Å². The Hall–Kier alpha value is -2.14. The van der Waals surface area contributed by atoms with Gasteiger partial charge in [0.15, 0.2) is 0 Å². The minimum absolute atomic E-state index is 0.115. The standard InChI is InChI=1S/C14H16N2O3/c1-9(8-17)15-13(18)12-7-10-5-3-4-6-11(10)14(16-12)19-2/h3-7,9,17H,8H2,1-2H3,(H,15,18). The van der Waals surface area contributed by atoms with Gasteiger partial charge in [-0.15, -0.1) is 0 Å². The molecule has 0 aliphatic heterocycles. The number of pyridine rings is 1. The first-order valence-corrected chi connectivity index (χ1v) is 6.01. The van der Waals surface area contributed by atoms with Gasteiger partial charge in [-0.05, 0) is 24.4 Å². The minimum Gasteiger partial charge on any atom is -0.481 e. The first kappa shape index (κ1) is 13.3. The van der Waals surface area contributed by atoms with Crippen LogP contribution in [0.5, 0.6) is 5.88 Å². The molecule has 0 fully saturated rings. The molecule has 2 aromatic rings. The van der Waals surface area contributed by atoms with Crippen molar-refractivity contribution in [2.24, 2.45) is 0 Å². The zero-order chi connectivity index (χ0) is 13.8. The highest BCUT2D eigenvalue weighted by Crippen LogP contribution is 2.24. The number of nitrogens with zero attached hydrogens (tertiary/aromatic N) is 1. The monoisotopic (exact) mass is 260 g/mol. The lowest BCUT2D eigenvalue weighted by molar-refractivity contribution is 0.0916. The zero-order valence-corrected chi connectivity index (χ0v) is 10.9. The Morgan fingerprint density at radius 3 is 2.89 bits per heavy atom. The van der Waals surface area contributed by atoms with E-state index in [4.69, 9.17) is 9.84 Å². The number of rotatable bonds is 4. The molecular formula is C14H16N2O3. The van der Waals surface area contributed by atoms with Gasteiger partial charge in [0, 0.05) is 11.4 Å². The Morgan fingerprint density at radius 2 is 2.21 bits per heavy atom. The molecule has 2 N–H and O–H groups in total. The minimum atomic E-state index is -0.328. The Kier molecular flexibility index (Phi) is 3.97. The normalized spacial score (nSPS) is 12.2. The van der Waals surface area contributed by atoms with E-state index < -0.39 is 0 Å². The number of carbonyl (C=O) groups is 1. The van der Waals surface area contributed by atoms with Gasteiger partial charge in [0.05, 0.1) is 13.7 Å². The molecule has 0 radical (unpaired) electrons. The molecule has 2 rings (SSSR count). The van der Waals surface area contributed by atoms with Gasteiger partial charge in [0.1, 0.15) is 5.69 Å². The predicted molar refractivity (Wildman–Crippen MR) is 72.3 cm³/mol. The van der Waals surface area contributed by atoms with Crippen molar-refractivity contribution in [1.29, 1.82) is 0 Å². The van der Waals surface area contributed by atoms with E-state index in [2.05, 4.69) is 10.3 Å². The van der Waals surface area contributed by atoms with Crippen LogP contribution in [0.1, 0.15) is 17.4 Å². The average Bonchev–Trinajstić information content (AvgIpc) is 2.45. The molecule has 1 unspecified atom stereocenters. The second kappa shape index (κ2) is 5.67. The predicted octanol–water partition coefficient (Wildman–Crippen LogP) is 1.35. The van der Waals surface area contributed by atoms with Crippen molar-refractivity contribution in [2.75, 3.05) is 13.7 Å². The fourth-order valence-electron chi connectivity index (χ4n) is 1.78. The van der Waals surface area contributed by atoms with Crippen LogP contribution in [0.2, 0.25) is 0 Å². The van der Waals surface area contributed by atoms with Gasteiger partial charge in [-0.25, -0.2) is 4.98 Å². The van der Waals surface area contributed by atoms with Gasteiger partial charge in [-0.3, -0.25) is 4.79 Å². The van der Waals surface area contributed by atoms with Gasteiger partial charge in [-0.1, -0.05) is 18.2 Å². The quantitative estimate of drug-likeness (QED) is 0.870. The van der Waals surface area contributed by atoms with Crippen molar-refractivity contribution >= 4 is 16.7 Å². The lowest BCUT2D eigenvalue weighted by Crippen LogP contribution is -2.35. The Morgan fingerprint density at radius 1 is 1.47 bits per heavy atom. The van der Waals surface area contributed by atoms with Crippen molar-refractivity contribution in [3.63, 3.8) is 0 Å². The lowest BCUT2D eigenvalue weighted by atomic mass is 10.1. The maximum atomic E-state index is 12.0. The van der Waals surface area contributed by atoms with Crippen molar-refractivity contribution in [2.45, 2.75) is 13.0 Å². The number of aliphatic hydroxyl groups excluding tert-OH is 1. The third-order valence-corrected chi connectivity index (χ3v) is 2.78. The summed E-state index contributed by atoms with van der Waals surface area (Å²) in [5, 5.41) is 13.3. The van der Waals surface area contributed by atoms with E-state index in [1.807, 2.05) is 24.3 Å². The number of aliphatic hydroxyl groups is 1. The molecular weight excluding hydrogens is 244 g/mol. The molecule has 0 spiro atoms. The average molecular weight is 260 g/mol. The zero-order valence-electron chi connectivity index (χ0n) is 10.9. The highest BCUT2D eigenvalue weighted by Gasteiger charge is 2.14. The number of methoxy groups -OCH3 is 1. The van der Waals surface area contributed by atoms with E-state index in [0.717, 1.165) is 10.8 Å². The van der Waals surface area contributed by atoms with Crippen LogP contribution in [-0.2, 0) is 0 Å². The van der Waals surface area contributed by atoms with E-state index in [1.54, 1.807) is 13.0 Å². The number of fused-ring (bicyclic) bond motifs is 1. The summed E-state index contributed by atoms with van der Waals surface area (Å²) >= 11 is 0. The van der Waals surface area contributed by atoms with Gasteiger partial charge < -0.3 is 15.2 Å². The van der Waals surface area contributed by atoms with Crippen molar-refractivity contribution in [3.8, 4) is 5.88 Å². The fourth-order valence-corrected chi connectivity index (χ4v) is 1.78. The number of hydrogen-bond donors (Lipinski definition) is 2. The van der Waals surface area contributed by atoms with E-state index in [9.17, 15) is 4.79 Å². The maximum Gasteiger partial charge on any atom is 0.270 e. The summed E-state index contributed by atoms with van der Waals surface area (Å²) in [6, 6.07) is 8.95. The summed E-state index contributed by atoms with van der Waals surface area (Å²) < 4.78 is 5.21. The summed E-state index contributed by atoms with van der Waals surface area (Å²) in [5.74, 6) is 0.0884. The van der Waals surface area contributed by atoms with Crippen LogP contribution >= 0.6 is 0 Å². The largest absolute Gasteiger partial charge is 0.481 e. The number of carbonyl (C=O) groups excluding carboxylic acids is 1. The number of hydrogen-bond acceptors (Lipinski definition) is 4. The van der Waals surface area contributed by atoms with Crippen molar-refractivity contribution in [1.82, 2.24) is 10.3 Å². The highest BCUT2D eigenvalue weighted by atomic mass is 16.5. The van der Waals surface area contributed by atoms with Crippen molar-refractivity contribution in [3.05, 3.63) is 36.0 Å². The van der Waals surface area contributed by atoms with Crippen LogP contribution in [0.4, 0.5) is 0 Å². The SMILES string of the molecule is COc1nc(C(=O)NC(C)CO)cc2ccccc12. The molecule has 1 atom stereocenters. The third-order valence-electron chi connectivity index (χ3n) is 2.78. The lowest BCUT2D eigenvalue weighted by Gasteiger charge is -2.12. The summed E-state index contributed by atoms with van der Waals surface area (Å²) in [4.78, 5) is 16.2. The summed E-state index contributed by atoms with van der Waals surface area (Å²) in [5.41, 5.74) is 0.274. The van der Waals surface area contributed by atoms with Crippen LogP contribution in [0, 0.1) is 0 Å². The van der Waals surface area contributed by atoms with Crippen LogP contribution in [-0.4, -0.2) is 35.8 Å². The van der Waals surface area contributed by atoms with Gasteiger partial charge in [0.25, 0.3) is 5.91 Å². The molecule has 0 aliphatic carbocycles. The van der Waals surface area contributed by atoms with E-state index in [-0.39, 0.29) is 24.2 Å². The molecule has 0 aliphatic rings. The van der Waals surface area contributed by atoms with Gasteiger partial charge in [-0.2, -0.15) is 0 Å². The molecule has 1 heterocycles. The van der Waals surface area contributed by atoms with Crippen LogP contribution in [0.25, 0.3) is 10.8 Å². The first-order chi connectivity index (χ1) is 9.15. The number of amides is 1. The Labute approximate surface area is 111 Å². The van der Waals surface area contributed by atoms with Crippen LogP contribution in [0.3, 0.4) is 0 Å². The van der Waals surface area contributed by atoms with E-state index >= 15 is 0 Å². The maximum absolute atomic E-state index is 12.0. The molecule has 1 aromatic heterocycles. The second-order valence-corrected chi connectivity index (χ2v) is 4.29. The Balaban J connectivity index is 2.41. The van der Waals surface area contributed by atoms with Crippen molar-refractivity contribution < 1.29 is 14.6 Å². The smallest absolute Gasteiger partial charge is 0.270 e. The number of aromatic nitrogens is 1. The third kappa shape index (κ3) is 2.82. The molecule has 0 saturated heterocycles. The molecule has 1 amide bonds. The number of nitrogens with one attached hydrogen (secondary N) is 1. The molecule has 19 heavy (non-hydrogen) atoms. The summed E-state index contributed by atoms with van der Waals surface area (Å²) in [7, 11) is 1.52. The molecule has 5 heteroatoms. The van der Waals surface area contributed by atoms with Gasteiger partial charge in [0.2, 0.25) is 5.88 Å². The van der Waals surface area contributed by atoms with E-state index in [0.29, 0.717) is 5.88 Å². The number of ether oxygens (including phenoxy) is 1.